The number of methoxy groups -OCH3 is 1. The lowest BCUT2D eigenvalue weighted by Crippen LogP contribution is -2.35. The number of aryl methyl sites for hydroxylation is 2. The number of hydrogen-bond donors (Lipinski definition) is 0. The Labute approximate surface area is 222 Å². The Bertz CT molecular complexity index is 1730. The molecule has 0 aliphatic heterocycles. The van der Waals surface area contributed by atoms with E-state index in [2.05, 4.69) is 15.0 Å². The molecule has 0 aliphatic rings. The van der Waals surface area contributed by atoms with Crippen LogP contribution in [0.5, 0.6) is 11.6 Å². The van der Waals surface area contributed by atoms with Crippen LogP contribution in [0.1, 0.15) is 23.6 Å². The first-order chi connectivity index (χ1) is 18.4. The quantitative estimate of drug-likeness (QED) is 0.254. The minimum absolute atomic E-state index is 0.152. The number of pyridine rings is 1. The Morgan fingerprint density at radius 1 is 1.08 bits per heavy atom. The smallest absolute Gasteiger partial charge is 0.448 e. The number of hydroxylamine groups is 1. The molecular weight excluding hydrogens is 504 g/mol. The SMILES string of the molecule is CCOC(=O)N(Oc1cc(C)c2nc(-c3cc(C)cc4nc(OC)cnc34)sc2c1)c1cncc(C#N)c1. The normalized spacial score (nSPS) is 10.8. The summed E-state index contributed by atoms with van der Waals surface area (Å²) in [5, 5.41) is 11.0. The number of amides is 1. The van der Waals surface area contributed by atoms with Crippen molar-refractivity contribution in [2.45, 2.75) is 20.8 Å². The number of nitrogens with zero attached hydrogens (tertiary/aromatic N) is 6. The van der Waals surface area contributed by atoms with Crippen LogP contribution in [-0.2, 0) is 4.74 Å². The molecule has 5 rings (SSSR count). The molecule has 0 radical (unpaired) electrons. The van der Waals surface area contributed by atoms with Gasteiger partial charge in [-0.2, -0.15) is 5.26 Å². The van der Waals surface area contributed by atoms with Gasteiger partial charge in [0.1, 0.15) is 16.8 Å². The van der Waals surface area contributed by atoms with E-state index in [0.29, 0.717) is 11.6 Å². The number of nitriles is 1. The van der Waals surface area contributed by atoms with Gasteiger partial charge >= 0.3 is 6.09 Å². The van der Waals surface area contributed by atoms with E-state index in [4.69, 9.17) is 19.3 Å². The predicted octanol–water partition coefficient (Wildman–Crippen LogP) is 5.76. The molecule has 190 valence electrons. The third kappa shape index (κ3) is 4.77. The summed E-state index contributed by atoms with van der Waals surface area (Å²) in [5.41, 5.74) is 5.55. The zero-order chi connectivity index (χ0) is 26.8. The molecule has 2 aromatic carbocycles. The maximum absolute atomic E-state index is 12.7. The highest BCUT2D eigenvalue weighted by Crippen LogP contribution is 2.37. The fraction of sp³-hybridized carbons (Fsp3) is 0.185. The van der Waals surface area contributed by atoms with Crippen molar-refractivity contribution in [3.05, 3.63) is 65.6 Å². The molecule has 0 spiro atoms. The fourth-order valence-electron chi connectivity index (χ4n) is 3.93. The molecule has 0 N–H and O–H groups in total. The van der Waals surface area contributed by atoms with Gasteiger partial charge in [0.2, 0.25) is 5.88 Å². The molecular formula is C27H22N6O4S. The van der Waals surface area contributed by atoms with E-state index >= 15 is 0 Å². The van der Waals surface area contributed by atoms with Crippen molar-refractivity contribution in [2.24, 2.45) is 0 Å². The molecule has 1 amide bonds. The number of fused-ring (bicyclic) bond motifs is 2. The van der Waals surface area contributed by atoms with Crippen LogP contribution in [0.3, 0.4) is 0 Å². The van der Waals surface area contributed by atoms with Crippen molar-refractivity contribution in [3.63, 3.8) is 0 Å². The number of benzene rings is 2. The molecule has 0 aliphatic carbocycles. The predicted molar refractivity (Wildman–Crippen MR) is 143 cm³/mol. The summed E-state index contributed by atoms with van der Waals surface area (Å²) in [4.78, 5) is 36.7. The highest BCUT2D eigenvalue weighted by molar-refractivity contribution is 7.21. The maximum atomic E-state index is 12.7. The van der Waals surface area contributed by atoms with Gasteiger partial charge in [-0.15, -0.1) is 16.4 Å². The van der Waals surface area contributed by atoms with E-state index in [1.807, 2.05) is 38.1 Å². The van der Waals surface area contributed by atoms with Crippen LogP contribution in [0.2, 0.25) is 0 Å². The monoisotopic (exact) mass is 526 g/mol. The fourth-order valence-corrected chi connectivity index (χ4v) is 5.01. The van der Waals surface area contributed by atoms with Crippen molar-refractivity contribution in [1.29, 1.82) is 5.26 Å². The Morgan fingerprint density at radius 2 is 1.92 bits per heavy atom. The number of aromatic nitrogens is 4. The Hall–Kier alpha value is -4.82. The van der Waals surface area contributed by atoms with Crippen molar-refractivity contribution >= 4 is 44.4 Å². The summed E-state index contributed by atoms with van der Waals surface area (Å²) < 4.78 is 11.3. The standard InChI is InChI=1S/C27H22N6O4S/c1-5-36-27(34)33(18-9-17(11-28)12-29-13-18)37-19-8-16(3)24-22(10-19)38-26(32-24)20-6-15(2)7-21-25(20)30-14-23(31-21)35-4/h6-10,12-14H,5H2,1-4H3. The molecule has 0 bridgehead atoms. The molecule has 38 heavy (non-hydrogen) atoms. The summed E-state index contributed by atoms with van der Waals surface area (Å²) in [5.74, 6) is 0.844. The summed E-state index contributed by atoms with van der Waals surface area (Å²) in [7, 11) is 1.56. The van der Waals surface area contributed by atoms with Gasteiger partial charge in [0.15, 0.2) is 5.75 Å². The van der Waals surface area contributed by atoms with Crippen molar-refractivity contribution in [3.8, 4) is 28.3 Å². The number of carbonyl (C=O) groups excluding carboxylic acids is 1. The van der Waals surface area contributed by atoms with Crippen LogP contribution in [-0.4, -0.2) is 39.7 Å². The van der Waals surface area contributed by atoms with Gasteiger partial charge in [-0.3, -0.25) is 4.98 Å². The van der Waals surface area contributed by atoms with Gasteiger partial charge in [0.25, 0.3) is 0 Å². The second kappa shape index (κ2) is 10.3. The molecule has 11 heteroatoms. The van der Waals surface area contributed by atoms with E-state index in [1.165, 1.54) is 29.8 Å². The molecule has 0 unspecified atom stereocenters. The van der Waals surface area contributed by atoms with E-state index < -0.39 is 6.09 Å². The summed E-state index contributed by atoms with van der Waals surface area (Å²) in [6.45, 7) is 5.77. The van der Waals surface area contributed by atoms with Gasteiger partial charge in [-0.1, -0.05) is 0 Å². The maximum Gasteiger partial charge on any atom is 0.448 e. The average Bonchev–Trinajstić information content (AvgIpc) is 3.35. The number of anilines is 1. The number of carbonyl (C=O) groups is 1. The van der Waals surface area contributed by atoms with Crippen molar-refractivity contribution in [1.82, 2.24) is 19.9 Å². The van der Waals surface area contributed by atoms with Gasteiger partial charge in [0, 0.05) is 17.8 Å². The van der Waals surface area contributed by atoms with E-state index in [9.17, 15) is 10.1 Å². The van der Waals surface area contributed by atoms with Gasteiger partial charge in [-0.25, -0.2) is 19.7 Å². The van der Waals surface area contributed by atoms with Crippen molar-refractivity contribution < 1.29 is 19.1 Å². The number of thiazole rings is 1. The molecule has 10 nitrogen and oxygen atoms in total. The average molecular weight is 527 g/mol. The lowest BCUT2D eigenvalue weighted by atomic mass is 10.1. The summed E-state index contributed by atoms with van der Waals surface area (Å²) in [6.07, 6.45) is 3.68. The van der Waals surface area contributed by atoms with Crippen LogP contribution in [0.4, 0.5) is 10.5 Å². The van der Waals surface area contributed by atoms with Crippen LogP contribution >= 0.6 is 11.3 Å². The summed E-state index contributed by atoms with van der Waals surface area (Å²) >= 11 is 1.48. The third-order valence-electron chi connectivity index (χ3n) is 5.59. The first kappa shape index (κ1) is 24.9. The minimum Gasteiger partial charge on any atom is -0.480 e. The summed E-state index contributed by atoms with van der Waals surface area (Å²) in [6, 6.07) is 11.1. The van der Waals surface area contributed by atoms with Gasteiger partial charge < -0.3 is 14.3 Å². The topological polar surface area (TPSA) is 123 Å². The Balaban J connectivity index is 1.56. The largest absolute Gasteiger partial charge is 0.480 e. The highest BCUT2D eigenvalue weighted by atomic mass is 32.1. The minimum atomic E-state index is -0.729. The lowest BCUT2D eigenvalue weighted by molar-refractivity contribution is 0.131. The molecule has 0 fully saturated rings. The van der Waals surface area contributed by atoms with Crippen LogP contribution in [0.25, 0.3) is 31.8 Å². The second-order valence-electron chi connectivity index (χ2n) is 8.33. The van der Waals surface area contributed by atoms with Crippen LogP contribution in [0.15, 0.2) is 48.9 Å². The molecule has 0 saturated heterocycles. The van der Waals surface area contributed by atoms with E-state index in [1.54, 1.807) is 26.3 Å². The van der Waals surface area contributed by atoms with E-state index in [0.717, 1.165) is 48.0 Å². The molecule has 0 atom stereocenters. The first-order valence-electron chi connectivity index (χ1n) is 11.6. The number of ether oxygens (including phenoxy) is 2. The molecule has 5 aromatic rings. The zero-order valence-electron chi connectivity index (χ0n) is 21.1. The first-order valence-corrected chi connectivity index (χ1v) is 12.4. The van der Waals surface area contributed by atoms with E-state index in [-0.39, 0.29) is 17.9 Å². The number of hydrogen-bond acceptors (Lipinski definition) is 10. The zero-order valence-corrected chi connectivity index (χ0v) is 21.9. The van der Waals surface area contributed by atoms with Gasteiger partial charge in [-0.05, 0) is 56.2 Å². The van der Waals surface area contributed by atoms with Gasteiger partial charge in [0.05, 0.1) is 52.9 Å². The Kier molecular flexibility index (Phi) is 6.72. The molecule has 0 saturated carbocycles. The lowest BCUT2D eigenvalue weighted by Gasteiger charge is -2.21. The van der Waals surface area contributed by atoms with Crippen molar-refractivity contribution in [2.75, 3.05) is 18.8 Å². The molecule has 3 heterocycles. The highest BCUT2D eigenvalue weighted by Gasteiger charge is 2.22. The third-order valence-corrected chi connectivity index (χ3v) is 6.62. The number of rotatable bonds is 6. The second-order valence-corrected chi connectivity index (χ2v) is 9.36. The van der Waals surface area contributed by atoms with Crippen LogP contribution < -0.4 is 14.6 Å². The van der Waals surface area contributed by atoms with Crippen LogP contribution in [0, 0.1) is 25.2 Å². The Morgan fingerprint density at radius 3 is 2.68 bits per heavy atom. The molecule has 3 aromatic heterocycles.